The molecular weight excluding hydrogens is 915 g/mol. The van der Waals surface area contributed by atoms with E-state index in [0.717, 1.165) is 50.6 Å². The van der Waals surface area contributed by atoms with Gasteiger partial charge in [-0.3, -0.25) is 39.0 Å². The van der Waals surface area contributed by atoms with Crippen LogP contribution in [0, 0.1) is 5.41 Å². The van der Waals surface area contributed by atoms with Crippen LogP contribution < -0.4 is 27.0 Å². The molecule has 2 aromatic heterocycles. The number of imidazole rings is 1. The SMILES string of the molecule is CCOCc1nc2c(N)nc3ccccc3c2n1CC(C)(C)NC(=O)CCOCCOCCNC(=O)CCN1C(=O)CC(SCC(=O)NCCCCC2NC3(C)/C4=C/C=C\C=C(C=C4)\C3(C)C2=O)C1=O. The first-order valence-electron chi connectivity index (χ1n) is 24.2. The van der Waals surface area contributed by atoms with Crippen LogP contribution in [0.1, 0.15) is 79.0 Å². The van der Waals surface area contributed by atoms with E-state index in [2.05, 4.69) is 45.3 Å². The number of nitrogens with two attached hydrogens (primary N) is 1. The van der Waals surface area contributed by atoms with Crippen molar-refractivity contribution >= 4 is 74.8 Å². The van der Waals surface area contributed by atoms with Crippen LogP contribution in [0.5, 0.6) is 0 Å². The Bertz CT molecular complexity index is 2610. The average Bonchev–Trinajstić information content (AvgIpc) is 3.87. The smallest absolute Gasteiger partial charge is 0.242 e. The van der Waals surface area contributed by atoms with Crippen molar-refractivity contribution < 1.29 is 43.0 Å². The lowest BCUT2D eigenvalue weighted by Crippen LogP contribution is -2.53. The molecular formula is C51H67N9O9S. The van der Waals surface area contributed by atoms with Crippen molar-refractivity contribution in [1.82, 2.24) is 40.7 Å². The normalized spacial score (nSPS) is 23.8. The van der Waals surface area contributed by atoms with Crippen molar-refractivity contribution in [3.8, 4) is 0 Å². The number of Topliss-reactive ketones (excluding diaryl/α,β-unsaturated/α-hetero) is 1. The van der Waals surface area contributed by atoms with Crippen LogP contribution in [0.15, 0.2) is 71.9 Å². The van der Waals surface area contributed by atoms with Gasteiger partial charge in [0.1, 0.15) is 17.9 Å². The number of para-hydroxylation sites is 1. The summed E-state index contributed by atoms with van der Waals surface area (Å²) in [6.45, 7) is 12.7. The number of allylic oxidation sites excluding steroid dienone is 5. The number of imide groups is 1. The molecule has 1 aromatic carbocycles. The summed E-state index contributed by atoms with van der Waals surface area (Å²) in [6.07, 6.45) is 14.3. The number of nitrogen functional groups attached to an aromatic ring is 1. The van der Waals surface area contributed by atoms with Gasteiger partial charge in [0.2, 0.25) is 29.5 Å². The fourth-order valence-electron chi connectivity index (χ4n) is 9.69. The molecule has 70 heavy (non-hydrogen) atoms. The molecule has 2 fully saturated rings. The molecule has 2 bridgehead atoms. The average molecular weight is 982 g/mol. The lowest BCUT2D eigenvalue weighted by molar-refractivity contribution is -0.138. The number of amides is 5. The molecule has 18 nitrogen and oxygen atoms in total. The molecule has 4 unspecified atom stereocenters. The number of nitrogens with zero attached hydrogens (tertiary/aromatic N) is 4. The number of ketones is 1. The number of anilines is 1. The van der Waals surface area contributed by atoms with E-state index in [1.54, 1.807) is 0 Å². The molecule has 4 atom stereocenters. The Balaban J connectivity index is 0.713. The molecule has 2 aliphatic carbocycles. The third-order valence-electron chi connectivity index (χ3n) is 13.5. The Labute approximate surface area is 413 Å². The van der Waals surface area contributed by atoms with Gasteiger partial charge < -0.3 is 40.5 Å². The molecule has 3 aromatic rings. The van der Waals surface area contributed by atoms with Gasteiger partial charge in [-0.1, -0.05) is 54.7 Å². The predicted molar refractivity (Wildman–Crippen MR) is 268 cm³/mol. The quantitative estimate of drug-likeness (QED) is 0.0566. The highest BCUT2D eigenvalue weighted by Crippen LogP contribution is 2.53. The van der Waals surface area contributed by atoms with Crippen LogP contribution in [-0.4, -0.2) is 136 Å². The topological polar surface area (TPSA) is 238 Å². The van der Waals surface area contributed by atoms with Crippen LogP contribution in [0.2, 0.25) is 0 Å². The zero-order valence-electron chi connectivity index (χ0n) is 40.9. The van der Waals surface area contributed by atoms with Gasteiger partial charge in [-0.05, 0) is 71.1 Å². The Morgan fingerprint density at radius 1 is 0.900 bits per heavy atom. The van der Waals surface area contributed by atoms with E-state index in [4.69, 9.17) is 24.9 Å². The predicted octanol–water partition coefficient (Wildman–Crippen LogP) is 3.97. The number of benzene rings is 1. The maximum Gasteiger partial charge on any atom is 0.242 e. The summed E-state index contributed by atoms with van der Waals surface area (Å²) in [6, 6.07) is 7.45. The second-order valence-electron chi connectivity index (χ2n) is 19.0. The number of thioether (sulfide) groups is 1. The van der Waals surface area contributed by atoms with Crippen LogP contribution >= 0.6 is 11.8 Å². The Hall–Kier alpha value is -5.73. The highest BCUT2D eigenvalue weighted by Gasteiger charge is 2.62. The van der Waals surface area contributed by atoms with Crippen molar-refractivity contribution in [1.29, 1.82) is 0 Å². The van der Waals surface area contributed by atoms with Gasteiger partial charge in [-0.2, -0.15) is 0 Å². The highest BCUT2D eigenvalue weighted by molar-refractivity contribution is 8.01. The maximum absolute atomic E-state index is 13.7. The number of carbonyl (C=O) groups excluding carboxylic acids is 6. The molecule has 376 valence electrons. The van der Waals surface area contributed by atoms with E-state index in [9.17, 15) is 28.8 Å². The van der Waals surface area contributed by atoms with Gasteiger partial charge in [0.25, 0.3) is 0 Å². The number of nitrogens with one attached hydrogen (secondary N) is 4. The Morgan fingerprint density at radius 2 is 1.63 bits per heavy atom. The summed E-state index contributed by atoms with van der Waals surface area (Å²) in [5, 5.41) is 12.6. The number of ether oxygens (including phenoxy) is 3. The van der Waals surface area contributed by atoms with E-state index in [-0.39, 0.29) is 107 Å². The fraction of sp³-hybridized carbons (Fsp3) is 0.529. The van der Waals surface area contributed by atoms with Crippen LogP contribution in [0.4, 0.5) is 5.82 Å². The van der Waals surface area contributed by atoms with Gasteiger partial charge in [0.15, 0.2) is 11.6 Å². The summed E-state index contributed by atoms with van der Waals surface area (Å²) < 4.78 is 19.0. The number of likely N-dealkylation sites (tertiary alicyclic amines) is 1. The highest BCUT2D eigenvalue weighted by atomic mass is 32.2. The second kappa shape index (κ2) is 23.0. The van der Waals surface area contributed by atoms with E-state index in [1.165, 1.54) is 0 Å². The standard InChI is InChI=1S/C51H67N9O9S/c1-6-67-30-39-56-44-45(35-15-9-10-16-36(35)55-47(44)52)60(39)32-49(2,3)58-41(62)21-25-68-27-28-69-26-23-54-40(61)20-24-59-43(64)29-38(48(59)66)70-31-42(63)53-22-12-11-17-37-46(65)50(4)33-13-7-8-14-34(19-18-33)51(50,5)57-37/h7-10,13-16,18-19,37-38,57H,6,11-12,17,20-32H2,1-5H3,(H2,52,55)(H,53,63)(H,54,61)(H,58,62)/b8-7-,13-7?,14-8?,33-13+,34-14+. The zero-order valence-corrected chi connectivity index (χ0v) is 41.7. The first kappa shape index (κ1) is 52.1. The number of hydrogen-bond acceptors (Lipinski definition) is 14. The van der Waals surface area contributed by atoms with E-state index >= 15 is 0 Å². The fourth-order valence-corrected chi connectivity index (χ4v) is 10.7. The molecule has 7 rings (SSSR count). The van der Waals surface area contributed by atoms with Crippen molar-refractivity contribution in [2.24, 2.45) is 5.41 Å². The van der Waals surface area contributed by atoms with E-state index < -0.39 is 27.6 Å². The zero-order chi connectivity index (χ0) is 50.1. The number of carbonyl (C=O) groups is 6. The minimum atomic E-state index is -0.684. The lowest BCUT2D eigenvalue weighted by atomic mass is 9.60. The number of rotatable bonds is 26. The second-order valence-corrected chi connectivity index (χ2v) is 20.2. The molecule has 2 aliphatic heterocycles. The number of unbranched alkanes of at least 4 members (excludes halogenated alkanes) is 1. The van der Waals surface area contributed by atoms with Crippen LogP contribution in [-0.2, 0) is 56.1 Å². The van der Waals surface area contributed by atoms with Crippen molar-refractivity contribution in [2.75, 3.05) is 64.2 Å². The summed E-state index contributed by atoms with van der Waals surface area (Å²) in [5.41, 5.74) is 8.79. The molecule has 4 aliphatic rings. The molecule has 6 N–H and O–H groups in total. The minimum Gasteiger partial charge on any atom is -0.382 e. The molecule has 0 saturated carbocycles. The number of fused-ring (bicyclic) bond motifs is 3. The van der Waals surface area contributed by atoms with Gasteiger partial charge in [-0.15, -0.1) is 11.8 Å². The number of pyridine rings is 1. The van der Waals surface area contributed by atoms with Crippen molar-refractivity contribution in [3.63, 3.8) is 0 Å². The number of hydrogen-bond donors (Lipinski definition) is 5. The summed E-state index contributed by atoms with van der Waals surface area (Å²) in [5.74, 6) is -0.275. The molecule has 2 saturated heterocycles. The lowest BCUT2D eigenvalue weighted by Gasteiger charge is -2.44. The molecule has 0 radical (unpaired) electrons. The van der Waals surface area contributed by atoms with Gasteiger partial charge in [0, 0.05) is 57.4 Å². The van der Waals surface area contributed by atoms with Crippen LogP contribution in [0.25, 0.3) is 21.9 Å². The molecule has 5 amide bonds. The van der Waals surface area contributed by atoms with Gasteiger partial charge >= 0.3 is 0 Å². The first-order valence-corrected chi connectivity index (χ1v) is 25.3. The molecule has 4 heterocycles. The largest absolute Gasteiger partial charge is 0.382 e. The minimum absolute atomic E-state index is 0.0248. The maximum atomic E-state index is 13.7. The molecule has 19 heteroatoms. The van der Waals surface area contributed by atoms with Crippen molar-refractivity contribution in [3.05, 3.63) is 77.7 Å². The van der Waals surface area contributed by atoms with Crippen LogP contribution in [0.3, 0.4) is 0 Å². The Kier molecular flexibility index (Phi) is 17.1. The van der Waals surface area contributed by atoms with Crippen molar-refractivity contribution in [2.45, 2.75) is 109 Å². The summed E-state index contributed by atoms with van der Waals surface area (Å²) in [4.78, 5) is 87.9. The third-order valence-corrected chi connectivity index (χ3v) is 14.7. The third kappa shape index (κ3) is 11.7. The summed E-state index contributed by atoms with van der Waals surface area (Å²) >= 11 is 1.12. The van der Waals surface area contributed by atoms with E-state index in [1.807, 2.05) is 80.8 Å². The Morgan fingerprint density at radius 3 is 2.41 bits per heavy atom. The molecule has 0 spiro atoms. The first-order chi connectivity index (χ1) is 33.6. The monoisotopic (exact) mass is 981 g/mol. The van der Waals surface area contributed by atoms with Gasteiger partial charge in [0.05, 0.1) is 71.0 Å². The van der Waals surface area contributed by atoms with E-state index in [0.29, 0.717) is 49.7 Å². The summed E-state index contributed by atoms with van der Waals surface area (Å²) in [7, 11) is 0. The van der Waals surface area contributed by atoms with Gasteiger partial charge in [-0.25, -0.2) is 9.97 Å². The number of aromatic nitrogens is 3.